The van der Waals surface area contributed by atoms with E-state index in [9.17, 15) is 4.21 Å². The maximum atomic E-state index is 10.8. The quantitative estimate of drug-likeness (QED) is 0.359. The summed E-state index contributed by atoms with van der Waals surface area (Å²) in [5, 5.41) is 3.09. The monoisotopic (exact) mass is 229 g/mol. The van der Waals surface area contributed by atoms with Crippen molar-refractivity contribution in [1.29, 1.82) is 0 Å². The van der Waals surface area contributed by atoms with Crippen LogP contribution >= 0.6 is 0 Å². The molecular weight excluding hydrogens is 214 g/mol. The second-order valence-corrected chi connectivity index (χ2v) is 4.52. The number of nitrogens with two attached hydrogens (primary N) is 1. The molecule has 4 N–H and O–H groups in total. The third-order valence-electron chi connectivity index (χ3n) is 1.70. The van der Waals surface area contributed by atoms with E-state index in [4.69, 9.17) is 5.84 Å². The van der Waals surface area contributed by atoms with Crippen molar-refractivity contribution in [1.82, 2.24) is 9.97 Å². The molecule has 1 aromatic rings. The van der Waals surface area contributed by atoms with E-state index in [1.165, 1.54) is 0 Å². The van der Waals surface area contributed by atoms with Crippen LogP contribution in [0.25, 0.3) is 0 Å². The largest absolute Gasteiger partial charge is 0.370 e. The fraction of sp³-hybridized carbons (Fsp3) is 0.500. The highest BCUT2D eigenvalue weighted by atomic mass is 32.2. The Morgan fingerprint density at radius 3 is 3.07 bits per heavy atom. The standard InChI is InChI=1S/C8H15N5OS/c1-15(14)6-2-4-10-7-3-5-11-8(12-7)13-9/h3,5H,2,4,6,9H2,1H3,(H2,10,11,12,13). The Bertz CT molecular complexity index is 333. The minimum Gasteiger partial charge on any atom is -0.370 e. The molecule has 1 heterocycles. The lowest BCUT2D eigenvalue weighted by molar-refractivity contribution is 0.685. The summed E-state index contributed by atoms with van der Waals surface area (Å²) in [6.07, 6.45) is 4.15. The summed E-state index contributed by atoms with van der Waals surface area (Å²) in [5.74, 6) is 6.95. The average molecular weight is 229 g/mol. The number of nitrogen functional groups attached to an aromatic ring is 1. The first-order chi connectivity index (χ1) is 7.22. The summed E-state index contributed by atoms with van der Waals surface area (Å²) in [4.78, 5) is 7.95. The van der Waals surface area contributed by atoms with E-state index in [-0.39, 0.29) is 0 Å². The van der Waals surface area contributed by atoms with Crippen LogP contribution in [0.1, 0.15) is 6.42 Å². The zero-order valence-corrected chi connectivity index (χ0v) is 9.38. The lowest BCUT2D eigenvalue weighted by Crippen LogP contribution is -2.12. The van der Waals surface area contributed by atoms with Gasteiger partial charge in [-0.25, -0.2) is 10.8 Å². The zero-order chi connectivity index (χ0) is 11.1. The van der Waals surface area contributed by atoms with Gasteiger partial charge in [-0.3, -0.25) is 9.63 Å². The Labute approximate surface area is 91.1 Å². The molecule has 0 bridgehead atoms. The van der Waals surface area contributed by atoms with E-state index in [2.05, 4.69) is 20.7 Å². The van der Waals surface area contributed by atoms with Crippen LogP contribution in [0.3, 0.4) is 0 Å². The first-order valence-electron chi connectivity index (χ1n) is 4.56. The molecule has 1 unspecified atom stereocenters. The highest BCUT2D eigenvalue weighted by Gasteiger charge is 1.97. The van der Waals surface area contributed by atoms with Crippen molar-refractivity contribution >= 4 is 22.6 Å². The van der Waals surface area contributed by atoms with Gasteiger partial charge in [-0.1, -0.05) is 0 Å². The fourth-order valence-corrected chi connectivity index (χ4v) is 1.57. The Morgan fingerprint density at radius 1 is 1.60 bits per heavy atom. The first kappa shape index (κ1) is 11.9. The molecule has 6 nitrogen and oxygen atoms in total. The van der Waals surface area contributed by atoms with Crippen molar-refractivity contribution in [3.8, 4) is 0 Å². The van der Waals surface area contributed by atoms with E-state index in [0.717, 1.165) is 13.0 Å². The predicted molar refractivity (Wildman–Crippen MR) is 61.9 cm³/mol. The molecule has 0 saturated carbocycles. The smallest absolute Gasteiger partial charge is 0.239 e. The number of hydrogen-bond donors (Lipinski definition) is 3. The Balaban J connectivity index is 2.33. The van der Waals surface area contributed by atoms with Gasteiger partial charge < -0.3 is 5.32 Å². The molecule has 0 fully saturated rings. The van der Waals surface area contributed by atoms with Crippen LogP contribution in [-0.4, -0.2) is 32.7 Å². The Morgan fingerprint density at radius 2 is 2.40 bits per heavy atom. The molecule has 1 atom stereocenters. The maximum Gasteiger partial charge on any atom is 0.239 e. The highest BCUT2D eigenvalue weighted by Crippen LogP contribution is 2.03. The number of nitrogens with one attached hydrogen (secondary N) is 2. The zero-order valence-electron chi connectivity index (χ0n) is 8.56. The van der Waals surface area contributed by atoms with E-state index in [0.29, 0.717) is 17.5 Å². The van der Waals surface area contributed by atoms with Gasteiger partial charge in [-0.2, -0.15) is 4.98 Å². The SMILES string of the molecule is CS(=O)CCCNc1ccnc(NN)n1. The molecule has 1 rings (SSSR count). The molecule has 84 valence electrons. The van der Waals surface area contributed by atoms with Gasteiger partial charge in [-0.15, -0.1) is 0 Å². The third-order valence-corrected chi connectivity index (χ3v) is 2.56. The number of nitrogens with zero attached hydrogens (tertiary/aromatic N) is 2. The van der Waals surface area contributed by atoms with Crippen LogP contribution < -0.4 is 16.6 Å². The molecule has 0 aromatic carbocycles. The van der Waals surface area contributed by atoms with Gasteiger partial charge in [0.15, 0.2) is 0 Å². The molecule has 7 heteroatoms. The van der Waals surface area contributed by atoms with Gasteiger partial charge in [0.25, 0.3) is 0 Å². The first-order valence-corrected chi connectivity index (χ1v) is 6.28. The van der Waals surface area contributed by atoms with Crippen molar-refractivity contribution in [3.05, 3.63) is 12.3 Å². The Kier molecular flexibility index (Phi) is 4.99. The molecule has 0 amide bonds. The second kappa shape index (κ2) is 6.31. The summed E-state index contributed by atoms with van der Waals surface area (Å²) in [6.45, 7) is 0.737. The van der Waals surface area contributed by atoms with Crippen molar-refractivity contribution in [3.63, 3.8) is 0 Å². The molecule has 0 aliphatic carbocycles. The third kappa shape index (κ3) is 4.71. The molecule has 0 aliphatic heterocycles. The summed E-state index contributed by atoms with van der Waals surface area (Å²) in [6, 6.07) is 1.75. The van der Waals surface area contributed by atoms with Crippen LogP contribution in [-0.2, 0) is 10.8 Å². The lowest BCUT2D eigenvalue weighted by Gasteiger charge is -2.05. The second-order valence-electron chi connectivity index (χ2n) is 2.97. The number of rotatable bonds is 6. The molecule has 0 aliphatic rings. The average Bonchev–Trinajstić information content (AvgIpc) is 2.24. The molecule has 1 aromatic heterocycles. The van der Waals surface area contributed by atoms with E-state index in [1.54, 1.807) is 18.5 Å². The van der Waals surface area contributed by atoms with Crippen LogP contribution in [0.4, 0.5) is 11.8 Å². The topological polar surface area (TPSA) is 92.9 Å². The maximum absolute atomic E-state index is 10.8. The fourth-order valence-electron chi connectivity index (χ4n) is 1.02. The van der Waals surface area contributed by atoms with E-state index < -0.39 is 10.8 Å². The van der Waals surface area contributed by atoms with Gasteiger partial charge in [0.2, 0.25) is 5.95 Å². The van der Waals surface area contributed by atoms with Gasteiger partial charge in [-0.05, 0) is 12.5 Å². The van der Waals surface area contributed by atoms with Crippen molar-refractivity contribution < 1.29 is 4.21 Å². The predicted octanol–water partition coefficient (Wildman–Crippen LogP) is -0.0573. The molecule has 0 spiro atoms. The number of hydrazine groups is 1. The van der Waals surface area contributed by atoms with Crippen molar-refractivity contribution in [2.24, 2.45) is 5.84 Å². The Hall–Kier alpha value is -1.21. The normalized spacial score (nSPS) is 12.1. The van der Waals surface area contributed by atoms with Crippen molar-refractivity contribution in [2.45, 2.75) is 6.42 Å². The summed E-state index contributed by atoms with van der Waals surface area (Å²) in [5.41, 5.74) is 2.37. The van der Waals surface area contributed by atoms with Gasteiger partial charge in [0.05, 0.1) is 0 Å². The van der Waals surface area contributed by atoms with E-state index >= 15 is 0 Å². The number of aromatic nitrogens is 2. The minimum atomic E-state index is -0.735. The lowest BCUT2D eigenvalue weighted by atomic mass is 10.4. The van der Waals surface area contributed by atoms with Gasteiger partial charge >= 0.3 is 0 Å². The summed E-state index contributed by atoms with van der Waals surface area (Å²) < 4.78 is 10.8. The number of hydrogen-bond acceptors (Lipinski definition) is 6. The van der Waals surface area contributed by atoms with Crippen LogP contribution in [0.15, 0.2) is 12.3 Å². The summed E-state index contributed by atoms with van der Waals surface area (Å²) in [7, 11) is -0.735. The van der Waals surface area contributed by atoms with Gasteiger partial charge in [0, 0.05) is 35.5 Å². The van der Waals surface area contributed by atoms with Crippen molar-refractivity contribution in [2.75, 3.05) is 29.3 Å². The number of anilines is 2. The molecule has 0 radical (unpaired) electrons. The molecule has 0 saturated heterocycles. The summed E-state index contributed by atoms with van der Waals surface area (Å²) >= 11 is 0. The van der Waals surface area contributed by atoms with Crippen LogP contribution in [0, 0.1) is 0 Å². The highest BCUT2D eigenvalue weighted by molar-refractivity contribution is 7.84. The van der Waals surface area contributed by atoms with Crippen LogP contribution in [0.2, 0.25) is 0 Å². The van der Waals surface area contributed by atoms with Gasteiger partial charge in [0.1, 0.15) is 5.82 Å². The van der Waals surface area contributed by atoms with Crippen LogP contribution in [0.5, 0.6) is 0 Å². The van der Waals surface area contributed by atoms with E-state index in [1.807, 2.05) is 0 Å². The minimum absolute atomic E-state index is 0.374. The molecular formula is C8H15N5OS. The molecule has 15 heavy (non-hydrogen) atoms.